The maximum Gasteiger partial charge on any atom is 0.0540 e. The molecule has 0 atom stereocenters. The van der Waals surface area contributed by atoms with E-state index < -0.39 is 0 Å². The van der Waals surface area contributed by atoms with Gasteiger partial charge in [-0.25, -0.2) is 0 Å². The van der Waals surface area contributed by atoms with Gasteiger partial charge in [-0.05, 0) is 169 Å². The second-order valence-electron chi connectivity index (χ2n) is 20.1. The average molecular weight is 854 g/mol. The van der Waals surface area contributed by atoms with E-state index in [1.54, 1.807) is 0 Å². The van der Waals surface area contributed by atoms with E-state index in [0.717, 1.165) is 11.4 Å². The van der Waals surface area contributed by atoms with Gasteiger partial charge in [0.25, 0.3) is 0 Å². The standard InChI is InChI=1S/C66H47N/c1-38-22-26-42(27-23-38)67(43-28-24-39(2)25-29-43)55-37-35-51-59-49(55)20-13-21-50(59)62-56(40-14-8-6-9-15-40)64-52-32-30-46-44-18-12-19-48-54(66(3,4)5)36-34-45(58(44)48)47-31-33-53(61(52)60(46)47)65(64)57(63(51)62)41-16-10-7-11-17-41/h6-37H,1-5H3. The van der Waals surface area contributed by atoms with E-state index >= 15 is 0 Å². The minimum Gasteiger partial charge on any atom is -0.310 e. The van der Waals surface area contributed by atoms with Gasteiger partial charge in [-0.2, -0.15) is 0 Å². The number of rotatable bonds is 5. The highest BCUT2D eigenvalue weighted by Crippen LogP contribution is 2.58. The molecule has 316 valence electrons. The van der Waals surface area contributed by atoms with Crippen LogP contribution in [0.15, 0.2) is 194 Å². The Morgan fingerprint density at radius 1 is 0.284 bits per heavy atom. The molecule has 0 saturated carbocycles. The van der Waals surface area contributed by atoms with Crippen molar-refractivity contribution in [1.29, 1.82) is 0 Å². The Kier molecular flexibility index (Phi) is 7.87. The number of benzene rings is 12. The van der Waals surface area contributed by atoms with Crippen molar-refractivity contribution in [2.75, 3.05) is 4.90 Å². The first-order valence-electron chi connectivity index (χ1n) is 23.8. The van der Waals surface area contributed by atoms with Crippen LogP contribution in [0.4, 0.5) is 17.1 Å². The second-order valence-corrected chi connectivity index (χ2v) is 20.1. The van der Waals surface area contributed by atoms with Crippen LogP contribution in [-0.2, 0) is 5.41 Å². The Hall–Kier alpha value is -8.00. The van der Waals surface area contributed by atoms with Crippen LogP contribution in [-0.4, -0.2) is 0 Å². The van der Waals surface area contributed by atoms with E-state index in [1.807, 2.05) is 0 Å². The third-order valence-electron chi connectivity index (χ3n) is 15.1. The summed E-state index contributed by atoms with van der Waals surface area (Å²) in [5.41, 5.74) is 12.5. The molecule has 0 spiro atoms. The number of nitrogens with zero attached hydrogens (tertiary/aromatic N) is 1. The smallest absolute Gasteiger partial charge is 0.0540 e. The lowest BCUT2D eigenvalue weighted by molar-refractivity contribution is 0.596. The molecule has 14 aromatic rings. The van der Waals surface area contributed by atoms with E-state index in [-0.39, 0.29) is 5.41 Å². The molecule has 14 aromatic carbocycles. The lowest BCUT2D eigenvalue weighted by Gasteiger charge is -2.27. The van der Waals surface area contributed by atoms with Gasteiger partial charge in [0.15, 0.2) is 0 Å². The topological polar surface area (TPSA) is 3.24 Å². The number of hydrogen-bond donors (Lipinski definition) is 0. The van der Waals surface area contributed by atoms with Crippen molar-refractivity contribution in [3.05, 3.63) is 211 Å². The first kappa shape index (κ1) is 38.3. The highest BCUT2D eigenvalue weighted by molar-refractivity contribution is 6.49. The molecule has 1 heteroatoms. The van der Waals surface area contributed by atoms with Crippen molar-refractivity contribution in [3.63, 3.8) is 0 Å². The summed E-state index contributed by atoms with van der Waals surface area (Å²) >= 11 is 0. The SMILES string of the molecule is Cc1ccc(N(c2ccc(C)cc2)c2ccc3c4c(-c5ccccc5)c5c6ccc7c8ccc(C(C)(C)C)c9cccc(c%10ccc(c5c(-c5ccccc5)c4c4cccc2c43)c6c%107)c98)cc1. The molecule has 0 amide bonds. The molecule has 1 nitrogen and oxygen atoms in total. The maximum atomic E-state index is 2.46. The quantitative estimate of drug-likeness (QED) is 0.123. The molecule has 0 aliphatic heterocycles. The van der Waals surface area contributed by atoms with Gasteiger partial charge in [0, 0.05) is 16.8 Å². The summed E-state index contributed by atoms with van der Waals surface area (Å²) in [5, 5.41) is 23.9. The molecule has 0 aliphatic rings. The maximum absolute atomic E-state index is 2.46. The van der Waals surface area contributed by atoms with Gasteiger partial charge in [-0.1, -0.05) is 196 Å². The zero-order valence-electron chi connectivity index (χ0n) is 38.4. The molecule has 0 aromatic heterocycles. The van der Waals surface area contributed by atoms with Crippen molar-refractivity contribution in [2.24, 2.45) is 0 Å². The first-order chi connectivity index (χ1) is 32.7. The van der Waals surface area contributed by atoms with Gasteiger partial charge in [-0.3, -0.25) is 0 Å². The third-order valence-corrected chi connectivity index (χ3v) is 15.1. The summed E-state index contributed by atoms with van der Waals surface area (Å²) in [5.74, 6) is 0. The van der Waals surface area contributed by atoms with Gasteiger partial charge in [0.2, 0.25) is 0 Å². The molecule has 0 saturated heterocycles. The molecule has 0 aliphatic carbocycles. The lowest BCUT2D eigenvalue weighted by Crippen LogP contribution is -2.11. The molecule has 0 unspecified atom stereocenters. The van der Waals surface area contributed by atoms with Crippen molar-refractivity contribution < 1.29 is 0 Å². The van der Waals surface area contributed by atoms with Crippen LogP contribution in [0.2, 0.25) is 0 Å². The Morgan fingerprint density at radius 2 is 0.657 bits per heavy atom. The van der Waals surface area contributed by atoms with Crippen LogP contribution in [0.1, 0.15) is 37.5 Å². The van der Waals surface area contributed by atoms with Gasteiger partial charge in [-0.15, -0.1) is 0 Å². The summed E-state index contributed by atoms with van der Waals surface area (Å²) < 4.78 is 0. The molecule has 0 bridgehead atoms. The molecule has 67 heavy (non-hydrogen) atoms. The normalized spacial score (nSPS) is 12.6. The molecule has 0 radical (unpaired) electrons. The largest absolute Gasteiger partial charge is 0.310 e. The average Bonchev–Trinajstić information content (AvgIpc) is 3.87. The van der Waals surface area contributed by atoms with E-state index in [9.17, 15) is 0 Å². The first-order valence-corrected chi connectivity index (χ1v) is 23.8. The Morgan fingerprint density at radius 3 is 1.19 bits per heavy atom. The minimum atomic E-state index is 0.0270. The second kappa shape index (κ2) is 13.8. The van der Waals surface area contributed by atoms with Crippen molar-refractivity contribution in [1.82, 2.24) is 0 Å². The lowest BCUT2D eigenvalue weighted by atomic mass is 9.80. The number of anilines is 3. The Balaban J connectivity index is 1.18. The summed E-state index contributed by atoms with van der Waals surface area (Å²) in [4.78, 5) is 2.44. The van der Waals surface area contributed by atoms with Crippen LogP contribution in [0.25, 0.3) is 119 Å². The Bertz CT molecular complexity index is 4080. The van der Waals surface area contributed by atoms with E-state index in [4.69, 9.17) is 0 Å². The van der Waals surface area contributed by atoms with Crippen molar-refractivity contribution >= 4 is 114 Å². The summed E-state index contributed by atoms with van der Waals surface area (Å²) in [6, 6.07) is 73.8. The molecule has 14 rings (SSSR count). The predicted octanol–water partition coefficient (Wildman–Crippen LogP) is 19.1. The number of hydrogen-bond acceptors (Lipinski definition) is 1. The summed E-state index contributed by atoms with van der Waals surface area (Å²) in [7, 11) is 0. The van der Waals surface area contributed by atoms with Gasteiger partial charge >= 0.3 is 0 Å². The molecule has 0 N–H and O–H groups in total. The Labute approximate surface area is 390 Å². The van der Waals surface area contributed by atoms with Crippen molar-refractivity contribution in [2.45, 2.75) is 40.0 Å². The summed E-state index contributed by atoms with van der Waals surface area (Å²) in [6.45, 7) is 11.3. The fourth-order valence-corrected chi connectivity index (χ4v) is 12.3. The van der Waals surface area contributed by atoms with E-state index in [2.05, 4.69) is 234 Å². The molecule has 0 heterocycles. The van der Waals surface area contributed by atoms with Crippen LogP contribution < -0.4 is 4.90 Å². The predicted molar refractivity (Wildman–Crippen MR) is 291 cm³/mol. The monoisotopic (exact) mass is 853 g/mol. The highest BCUT2D eigenvalue weighted by atomic mass is 15.1. The van der Waals surface area contributed by atoms with E-state index in [1.165, 1.54) is 142 Å². The fraction of sp³-hybridized carbons (Fsp3) is 0.0909. The third kappa shape index (κ3) is 5.26. The summed E-state index contributed by atoms with van der Waals surface area (Å²) in [6.07, 6.45) is 0. The molecular formula is C66H47N. The zero-order valence-corrected chi connectivity index (χ0v) is 38.4. The van der Waals surface area contributed by atoms with Gasteiger partial charge in [0.1, 0.15) is 0 Å². The number of fused-ring (bicyclic) bond motifs is 8. The molecular weight excluding hydrogens is 807 g/mol. The van der Waals surface area contributed by atoms with Crippen molar-refractivity contribution in [3.8, 4) is 22.3 Å². The molecule has 0 fully saturated rings. The van der Waals surface area contributed by atoms with Gasteiger partial charge in [0.05, 0.1) is 5.69 Å². The van der Waals surface area contributed by atoms with Crippen LogP contribution in [0.5, 0.6) is 0 Å². The van der Waals surface area contributed by atoms with E-state index in [0.29, 0.717) is 0 Å². The highest BCUT2D eigenvalue weighted by Gasteiger charge is 2.30. The van der Waals surface area contributed by atoms with Gasteiger partial charge < -0.3 is 4.90 Å². The van der Waals surface area contributed by atoms with Crippen LogP contribution in [0.3, 0.4) is 0 Å². The minimum absolute atomic E-state index is 0.0270. The fourth-order valence-electron chi connectivity index (χ4n) is 12.3. The number of aryl methyl sites for hydroxylation is 2. The zero-order chi connectivity index (χ0) is 44.9. The van der Waals surface area contributed by atoms with Crippen LogP contribution in [0, 0.1) is 13.8 Å². The van der Waals surface area contributed by atoms with Crippen LogP contribution >= 0.6 is 0 Å².